The van der Waals surface area contributed by atoms with E-state index < -0.39 is 10.8 Å². The molecule has 0 bridgehead atoms. The van der Waals surface area contributed by atoms with Gasteiger partial charge in [-0.1, -0.05) is 189 Å². The Morgan fingerprint density at radius 1 is 0.390 bits per heavy atom. The van der Waals surface area contributed by atoms with Crippen molar-refractivity contribution in [2.24, 2.45) is 0 Å². The van der Waals surface area contributed by atoms with Gasteiger partial charge in [0, 0.05) is 63.5 Å². The summed E-state index contributed by atoms with van der Waals surface area (Å²) in [5.74, 6) is 0.663. The molecule has 2 N–H and O–H groups in total. The van der Waals surface area contributed by atoms with E-state index in [9.17, 15) is 10.2 Å². The normalized spacial score (nSPS) is 12.7. The van der Waals surface area contributed by atoms with E-state index in [2.05, 4.69) is 213 Å². The lowest BCUT2D eigenvalue weighted by Gasteiger charge is -2.34. The summed E-state index contributed by atoms with van der Waals surface area (Å²) in [6.45, 7) is 20.7. The molecule has 0 unspecified atom stereocenters. The molecule has 59 heavy (non-hydrogen) atoms. The highest BCUT2D eigenvalue weighted by molar-refractivity contribution is 5.56. The highest BCUT2D eigenvalue weighted by Gasteiger charge is 2.34. The molecule has 0 heterocycles. The molecule has 0 radical (unpaired) electrons. The minimum atomic E-state index is -0.466. The van der Waals surface area contributed by atoms with Crippen LogP contribution in [0.15, 0.2) is 146 Å². The van der Waals surface area contributed by atoms with E-state index >= 15 is 0 Å². The zero-order valence-corrected chi connectivity index (χ0v) is 37.2. The van der Waals surface area contributed by atoms with Crippen LogP contribution >= 0.6 is 0 Å². The number of hydrogen-bond acceptors (Lipinski definition) is 4. The van der Waals surface area contributed by atoms with Gasteiger partial charge < -0.3 is 15.1 Å². The van der Waals surface area contributed by atoms with Gasteiger partial charge >= 0.3 is 0 Å². The van der Waals surface area contributed by atoms with Crippen molar-refractivity contribution in [1.82, 2.24) is 9.80 Å². The first-order valence-corrected chi connectivity index (χ1v) is 21.3. The summed E-state index contributed by atoms with van der Waals surface area (Å²) >= 11 is 0. The fourth-order valence-corrected chi connectivity index (χ4v) is 8.67. The number of phenols is 2. The number of aromatic hydroxyl groups is 2. The molecule has 0 atom stereocenters. The Kier molecular flexibility index (Phi) is 12.9. The summed E-state index contributed by atoms with van der Waals surface area (Å²) in [6.07, 6.45) is 0.934. The SMILES string of the molecule is CN(C)CCCN(Cc1cc(C(C)(C)c2ccccc2)cc(C(C)(C)c2ccccc2)c1O)Cc1cc(C(C)(C)c2ccccc2)cc(C(C)(C)c2ccccc2)c1O. The number of benzene rings is 6. The molecule has 0 saturated heterocycles. The third-order valence-electron chi connectivity index (χ3n) is 13.0. The largest absolute Gasteiger partial charge is 0.507 e. The van der Waals surface area contributed by atoms with Crippen LogP contribution in [0.4, 0.5) is 0 Å². The first kappa shape index (κ1) is 43.4. The Hall–Kier alpha value is -5.16. The number of rotatable bonds is 16. The Labute approximate surface area is 355 Å². The van der Waals surface area contributed by atoms with Crippen molar-refractivity contribution in [3.05, 3.63) is 201 Å². The second-order valence-electron chi connectivity index (χ2n) is 18.9. The molecule has 0 aliphatic rings. The third-order valence-corrected chi connectivity index (χ3v) is 13.0. The molecular formula is C55H66N2O2. The van der Waals surface area contributed by atoms with Crippen molar-refractivity contribution in [3.8, 4) is 11.5 Å². The Morgan fingerprint density at radius 3 is 1.00 bits per heavy atom. The smallest absolute Gasteiger partial charge is 0.124 e. The second-order valence-corrected chi connectivity index (χ2v) is 18.9. The van der Waals surface area contributed by atoms with Gasteiger partial charge in [-0.3, -0.25) is 4.90 Å². The summed E-state index contributed by atoms with van der Waals surface area (Å²) < 4.78 is 0. The molecule has 4 heteroatoms. The van der Waals surface area contributed by atoms with Crippen LogP contribution in [-0.2, 0) is 34.7 Å². The summed E-state index contributed by atoms with van der Waals surface area (Å²) in [7, 11) is 4.23. The van der Waals surface area contributed by atoms with Gasteiger partial charge in [0.25, 0.3) is 0 Å². The monoisotopic (exact) mass is 787 g/mol. The van der Waals surface area contributed by atoms with Crippen LogP contribution in [0.5, 0.6) is 11.5 Å². The molecule has 308 valence electrons. The van der Waals surface area contributed by atoms with Crippen LogP contribution < -0.4 is 0 Å². The summed E-state index contributed by atoms with van der Waals surface area (Å²) in [5.41, 5.74) is 9.07. The molecule has 0 aliphatic heterocycles. The van der Waals surface area contributed by atoms with Crippen molar-refractivity contribution >= 4 is 0 Å². The average Bonchev–Trinajstić information content (AvgIpc) is 3.23. The number of hydrogen-bond donors (Lipinski definition) is 2. The molecular weight excluding hydrogens is 721 g/mol. The first-order valence-electron chi connectivity index (χ1n) is 21.3. The Balaban J connectivity index is 1.51. The van der Waals surface area contributed by atoms with E-state index in [4.69, 9.17) is 0 Å². The summed E-state index contributed by atoms with van der Waals surface area (Å²) in [6, 6.07) is 51.3. The maximum absolute atomic E-state index is 12.5. The van der Waals surface area contributed by atoms with Crippen LogP contribution in [0.25, 0.3) is 0 Å². The van der Waals surface area contributed by atoms with Crippen molar-refractivity contribution in [2.75, 3.05) is 27.2 Å². The van der Waals surface area contributed by atoms with Crippen LogP contribution in [0.1, 0.15) is 117 Å². The third kappa shape index (κ3) is 9.35. The maximum Gasteiger partial charge on any atom is 0.124 e. The minimum Gasteiger partial charge on any atom is -0.507 e. The van der Waals surface area contributed by atoms with Gasteiger partial charge in [0.05, 0.1) is 0 Å². The van der Waals surface area contributed by atoms with Crippen LogP contribution in [-0.4, -0.2) is 47.2 Å². The fourth-order valence-electron chi connectivity index (χ4n) is 8.67. The molecule has 0 spiro atoms. The molecule has 0 aliphatic carbocycles. The number of phenolic OH excluding ortho intramolecular Hbond substituents is 2. The van der Waals surface area contributed by atoms with Crippen molar-refractivity contribution < 1.29 is 10.2 Å². The second kappa shape index (κ2) is 17.6. The van der Waals surface area contributed by atoms with Crippen LogP contribution in [0.3, 0.4) is 0 Å². The summed E-state index contributed by atoms with van der Waals surface area (Å²) in [5, 5.41) is 25.0. The molecule has 0 aromatic heterocycles. The minimum absolute atomic E-state index is 0.325. The first-order chi connectivity index (χ1) is 27.9. The van der Waals surface area contributed by atoms with E-state index in [1.807, 2.05) is 12.1 Å². The zero-order chi connectivity index (χ0) is 42.6. The lowest BCUT2D eigenvalue weighted by Crippen LogP contribution is -2.29. The zero-order valence-electron chi connectivity index (χ0n) is 37.2. The van der Waals surface area contributed by atoms with Gasteiger partial charge in [-0.25, -0.2) is 0 Å². The standard InChI is InChI=1S/C55H66N2O2/c1-52(2,42-24-15-11-16-25-42)46-34-40(50(58)48(36-46)54(5,6)44-28-19-13-20-29-44)38-57(33-23-32-56(9)10)39-41-35-47(53(3,4)43-26-17-12-18-27-43)37-49(51(41)59)55(7,8)45-30-21-14-22-31-45/h11-22,24-31,34-37,58-59H,23,32-33,38-39H2,1-10H3. The molecule has 4 nitrogen and oxygen atoms in total. The molecule has 0 saturated carbocycles. The average molecular weight is 787 g/mol. The highest BCUT2D eigenvalue weighted by Crippen LogP contribution is 2.45. The predicted octanol–water partition coefficient (Wildman–Crippen LogP) is 12.4. The van der Waals surface area contributed by atoms with E-state index in [1.54, 1.807) is 0 Å². The molecule has 0 amide bonds. The van der Waals surface area contributed by atoms with Gasteiger partial charge in [0.1, 0.15) is 11.5 Å². The maximum atomic E-state index is 12.5. The van der Waals surface area contributed by atoms with Crippen molar-refractivity contribution in [1.29, 1.82) is 0 Å². The van der Waals surface area contributed by atoms with E-state index in [-0.39, 0.29) is 10.8 Å². The lowest BCUT2D eigenvalue weighted by atomic mass is 9.72. The van der Waals surface area contributed by atoms with Crippen LogP contribution in [0.2, 0.25) is 0 Å². The van der Waals surface area contributed by atoms with Gasteiger partial charge in [-0.2, -0.15) is 0 Å². The quantitative estimate of drug-likeness (QED) is 0.103. The van der Waals surface area contributed by atoms with Crippen molar-refractivity contribution in [3.63, 3.8) is 0 Å². The van der Waals surface area contributed by atoms with Gasteiger partial charge in [0.15, 0.2) is 0 Å². The highest BCUT2D eigenvalue weighted by atomic mass is 16.3. The van der Waals surface area contributed by atoms with Crippen molar-refractivity contribution in [2.45, 2.75) is 96.6 Å². The fraction of sp³-hybridized carbons (Fsp3) is 0.345. The predicted molar refractivity (Wildman–Crippen MR) is 248 cm³/mol. The van der Waals surface area contributed by atoms with Gasteiger partial charge in [-0.05, 0) is 72.6 Å². The summed E-state index contributed by atoms with van der Waals surface area (Å²) in [4.78, 5) is 4.64. The van der Waals surface area contributed by atoms with Gasteiger partial charge in [0.2, 0.25) is 0 Å². The molecule has 6 rings (SSSR count). The molecule has 6 aromatic rings. The lowest BCUT2D eigenvalue weighted by molar-refractivity contribution is 0.233. The van der Waals surface area contributed by atoms with E-state index in [0.717, 1.165) is 64.0 Å². The van der Waals surface area contributed by atoms with Gasteiger partial charge in [-0.15, -0.1) is 0 Å². The van der Waals surface area contributed by atoms with E-state index in [0.29, 0.717) is 24.6 Å². The Morgan fingerprint density at radius 2 is 0.695 bits per heavy atom. The van der Waals surface area contributed by atoms with Crippen LogP contribution in [0, 0.1) is 0 Å². The number of nitrogens with zero attached hydrogens (tertiary/aromatic N) is 2. The molecule has 0 fully saturated rings. The topological polar surface area (TPSA) is 46.9 Å². The molecule has 6 aromatic carbocycles. The van der Waals surface area contributed by atoms with E-state index in [1.165, 1.54) is 11.1 Å². The Bertz CT molecular complexity index is 2130.